The van der Waals surface area contributed by atoms with E-state index in [9.17, 15) is 10.1 Å². The van der Waals surface area contributed by atoms with E-state index in [0.717, 1.165) is 12.8 Å². The van der Waals surface area contributed by atoms with Crippen LogP contribution in [0.15, 0.2) is 18.2 Å². The van der Waals surface area contributed by atoms with Gasteiger partial charge in [-0.1, -0.05) is 41.4 Å². The number of hydrogen-bond donors (Lipinski definition) is 0. The molecule has 1 aromatic carbocycles. The fourth-order valence-corrected chi connectivity index (χ4v) is 3.41. The van der Waals surface area contributed by atoms with Gasteiger partial charge in [0.2, 0.25) is 0 Å². The van der Waals surface area contributed by atoms with Gasteiger partial charge in [0, 0.05) is 21.3 Å². The summed E-state index contributed by atoms with van der Waals surface area (Å²) >= 11 is 9.41. The van der Waals surface area contributed by atoms with Crippen LogP contribution in [0.4, 0.5) is 5.69 Å². The summed E-state index contributed by atoms with van der Waals surface area (Å²) < 4.78 is 5.84. The van der Waals surface area contributed by atoms with Crippen LogP contribution in [0.3, 0.4) is 0 Å². The molecule has 3 unspecified atom stereocenters. The first-order chi connectivity index (χ1) is 8.88. The van der Waals surface area contributed by atoms with E-state index in [1.165, 1.54) is 6.07 Å². The summed E-state index contributed by atoms with van der Waals surface area (Å²) in [5.74, 6) is 0.290. The smallest absolute Gasteiger partial charge is 0.312 e. The molecule has 0 aromatic heterocycles. The van der Waals surface area contributed by atoms with E-state index in [-0.39, 0.29) is 17.2 Å². The van der Waals surface area contributed by atoms with Crippen molar-refractivity contribution in [1.82, 2.24) is 0 Å². The summed E-state index contributed by atoms with van der Waals surface area (Å²) in [5.41, 5.74) is -0.0722. The van der Waals surface area contributed by atoms with Crippen molar-refractivity contribution < 1.29 is 9.66 Å². The minimum atomic E-state index is -0.464. The Kier molecular flexibility index (Phi) is 4.06. The first kappa shape index (κ1) is 14.6. The van der Waals surface area contributed by atoms with Gasteiger partial charge in [-0.25, -0.2) is 0 Å². The molecular weight excluding hydrogens is 334 g/mol. The van der Waals surface area contributed by atoms with Gasteiger partial charge in [-0.3, -0.25) is 10.1 Å². The summed E-state index contributed by atoms with van der Waals surface area (Å²) in [6.45, 7) is 4.22. The predicted molar refractivity (Wildman–Crippen MR) is 78.3 cm³/mol. The molecule has 0 saturated heterocycles. The lowest BCUT2D eigenvalue weighted by Crippen LogP contribution is -2.54. The monoisotopic (exact) mass is 347 g/mol. The fraction of sp³-hybridized carbons (Fsp3) is 0.538. The van der Waals surface area contributed by atoms with Gasteiger partial charge in [0.1, 0.15) is 6.10 Å². The van der Waals surface area contributed by atoms with Crippen LogP contribution in [0, 0.1) is 15.5 Å². The molecule has 0 bridgehead atoms. The van der Waals surface area contributed by atoms with Gasteiger partial charge in [-0.05, 0) is 25.0 Å². The zero-order valence-electron chi connectivity index (χ0n) is 10.7. The van der Waals surface area contributed by atoms with Crippen molar-refractivity contribution in [3.63, 3.8) is 0 Å². The number of alkyl halides is 1. The molecule has 0 radical (unpaired) electrons. The van der Waals surface area contributed by atoms with Gasteiger partial charge in [0.25, 0.3) is 0 Å². The molecule has 0 aliphatic heterocycles. The average Bonchev–Trinajstić information content (AvgIpc) is 2.38. The first-order valence-electron chi connectivity index (χ1n) is 6.13. The van der Waals surface area contributed by atoms with Crippen LogP contribution in [0.1, 0.15) is 26.7 Å². The number of nitrogens with zero attached hydrogens (tertiary/aromatic N) is 1. The lowest BCUT2D eigenvalue weighted by Gasteiger charge is -2.50. The van der Waals surface area contributed by atoms with E-state index < -0.39 is 4.92 Å². The van der Waals surface area contributed by atoms with Crippen LogP contribution in [0.25, 0.3) is 0 Å². The molecule has 6 heteroatoms. The molecule has 3 atom stereocenters. The number of nitro groups is 1. The normalized spacial score (nSPS) is 29.7. The molecule has 0 N–H and O–H groups in total. The second kappa shape index (κ2) is 5.29. The van der Waals surface area contributed by atoms with Crippen molar-refractivity contribution in [3.8, 4) is 5.75 Å². The van der Waals surface area contributed by atoms with Crippen molar-refractivity contribution >= 4 is 33.2 Å². The molecule has 0 amide bonds. The van der Waals surface area contributed by atoms with Crippen molar-refractivity contribution in [2.75, 3.05) is 0 Å². The van der Waals surface area contributed by atoms with Crippen LogP contribution < -0.4 is 4.74 Å². The van der Waals surface area contributed by atoms with E-state index in [1.54, 1.807) is 12.1 Å². The quantitative estimate of drug-likeness (QED) is 0.454. The number of benzene rings is 1. The highest BCUT2D eigenvalue weighted by Gasteiger charge is 2.51. The predicted octanol–water partition coefficient (Wildman–Crippen LogP) is 4.58. The zero-order valence-corrected chi connectivity index (χ0v) is 13.1. The summed E-state index contributed by atoms with van der Waals surface area (Å²) in [6.07, 6.45) is 1.79. The van der Waals surface area contributed by atoms with E-state index in [1.807, 2.05) is 0 Å². The second-order valence-corrected chi connectivity index (χ2v) is 6.58. The fourth-order valence-electron chi connectivity index (χ4n) is 2.29. The molecule has 104 valence electrons. The topological polar surface area (TPSA) is 52.4 Å². The number of ether oxygens (including phenoxy) is 1. The maximum Gasteiger partial charge on any atom is 0.312 e. The first-order valence-corrected chi connectivity index (χ1v) is 7.42. The van der Waals surface area contributed by atoms with E-state index >= 15 is 0 Å². The number of rotatable bonds is 4. The Morgan fingerprint density at radius 2 is 2.32 bits per heavy atom. The molecule has 19 heavy (non-hydrogen) atoms. The van der Waals surface area contributed by atoms with Crippen molar-refractivity contribution in [1.29, 1.82) is 0 Å². The Morgan fingerprint density at radius 1 is 1.63 bits per heavy atom. The van der Waals surface area contributed by atoms with Crippen LogP contribution in [-0.4, -0.2) is 15.9 Å². The Balaban J connectivity index is 2.23. The molecule has 0 heterocycles. The molecule has 1 aliphatic carbocycles. The summed E-state index contributed by atoms with van der Waals surface area (Å²) in [5, 5.41) is 11.4. The highest BCUT2D eigenvalue weighted by Crippen LogP contribution is 2.50. The average molecular weight is 349 g/mol. The van der Waals surface area contributed by atoms with Crippen LogP contribution >= 0.6 is 27.5 Å². The van der Waals surface area contributed by atoms with Crippen molar-refractivity contribution in [3.05, 3.63) is 33.3 Å². The number of nitro benzene ring substituents is 1. The van der Waals surface area contributed by atoms with Crippen molar-refractivity contribution in [2.24, 2.45) is 5.41 Å². The van der Waals surface area contributed by atoms with E-state index in [4.69, 9.17) is 16.3 Å². The highest BCUT2D eigenvalue weighted by atomic mass is 79.9. The Labute approximate surface area is 125 Å². The highest BCUT2D eigenvalue weighted by molar-refractivity contribution is 9.09. The van der Waals surface area contributed by atoms with Crippen molar-refractivity contribution in [2.45, 2.75) is 37.6 Å². The largest absolute Gasteiger partial charge is 0.483 e. The molecule has 2 rings (SSSR count). The molecule has 1 aliphatic rings. The van der Waals surface area contributed by atoms with Gasteiger partial charge >= 0.3 is 5.69 Å². The third-order valence-corrected chi connectivity index (χ3v) is 5.68. The molecule has 0 spiro atoms. The van der Waals surface area contributed by atoms with Gasteiger partial charge in [0.15, 0.2) is 5.75 Å². The maximum atomic E-state index is 11.0. The third kappa shape index (κ3) is 2.58. The molecule has 1 fully saturated rings. The zero-order chi connectivity index (χ0) is 14.2. The molecule has 1 saturated carbocycles. The Bertz CT molecular complexity index is 511. The lowest BCUT2D eigenvalue weighted by molar-refractivity contribution is -0.386. The summed E-state index contributed by atoms with van der Waals surface area (Å²) in [7, 11) is 0. The van der Waals surface area contributed by atoms with Gasteiger partial charge in [0.05, 0.1) is 4.92 Å². The number of halogens is 2. The van der Waals surface area contributed by atoms with E-state index in [2.05, 4.69) is 29.8 Å². The Hall–Kier alpha value is -0.810. The van der Waals surface area contributed by atoms with Crippen LogP contribution in [-0.2, 0) is 0 Å². The molecular formula is C13H15BrClNO3. The standard InChI is InChI=1S/C13H15BrClNO3/c1-3-13(2)11(14)7-12(13)19-10-5-4-8(15)6-9(10)16(17)18/h4-6,11-12H,3,7H2,1-2H3. The molecule has 4 nitrogen and oxygen atoms in total. The van der Waals surface area contributed by atoms with Gasteiger partial charge < -0.3 is 4.74 Å². The minimum absolute atomic E-state index is 0.00745. The summed E-state index contributed by atoms with van der Waals surface area (Å²) in [4.78, 5) is 10.9. The van der Waals surface area contributed by atoms with Crippen LogP contribution in [0.5, 0.6) is 5.75 Å². The lowest BCUT2D eigenvalue weighted by atomic mass is 9.65. The number of hydrogen-bond acceptors (Lipinski definition) is 3. The third-order valence-electron chi connectivity index (χ3n) is 4.02. The molecule has 1 aromatic rings. The Morgan fingerprint density at radius 3 is 2.84 bits per heavy atom. The van der Waals surface area contributed by atoms with Crippen LogP contribution in [0.2, 0.25) is 5.02 Å². The maximum absolute atomic E-state index is 11.0. The van der Waals surface area contributed by atoms with Gasteiger partial charge in [-0.15, -0.1) is 0 Å². The second-order valence-electron chi connectivity index (χ2n) is 5.04. The summed E-state index contributed by atoms with van der Waals surface area (Å²) in [6, 6.07) is 4.50. The SMILES string of the molecule is CCC1(C)C(Br)CC1Oc1ccc(Cl)cc1[N+](=O)[O-]. The van der Waals surface area contributed by atoms with E-state index in [0.29, 0.717) is 15.6 Å². The van der Waals surface area contributed by atoms with Gasteiger partial charge in [-0.2, -0.15) is 0 Å². The minimum Gasteiger partial charge on any atom is -0.483 e.